The van der Waals surface area contributed by atoms with Gasteiger partial charge in [-0.3, -0.25) is 4.79 Å². The molecule has 1 N–H and O–H groups in total. The zero-order valence-corrected chi connectivity index (χ0v) is 16.0. The van der Waals surface area contributed by atoms with Crippen molar-refractivity contribution in [3.8, 4) is 0 Å². The van der Waals surface area contributed by atoms with E-state index in [0.717, 1.165) is 11.3 Å². The summed E-state index contributed by atoms with van der Waals surface area (Å²) < 4.78 is 2.12. The van der Waals surface area contributed by atoms with Crippen LogP contribution in [0.15, 0.2) is 73.3 Å². The number of amides is 1. The molecule has 0 aliphatic rings. The Morgan fingerprint density at radius 2 is 1.81 bits per heavy atom. The molecule has 2 aromatic carbocycles. The Bertz CT molecular complexity index is 842. The van der Waals surface area contributed by atoms with Crippen LogP contribution in [0.3, 0.4) is 0 Å². The van der Waals surface area contributed by atoms with Gasteiger partial charge in [0.1, 0.15) is 0 Å². The number of carbonyl (C=O) groups is 1. The topological polar surface area (TPSA) is 50.2 Å². The van der Waals surface area contributed by atoms with E-state index in [1.807, 2.05) is 55.0 Å². The number of aromatic nitrogens is 2. The first-order chi connectivity index (χ1) is 13.0. The molecule has 0 fully saturated rings. The lowest BCUT2D eigenvalue weighted by molar-refractivity contribution is -0.115. The summed E-state index contributed by atoms with van der Waals surface area (Å²) in [7, 11) is 4.15. The Hall–Kier alpha value is -2.92. The molecule has 0 radical (unpaired) electrons. The molecule has 3 rings (SSSR count). The summed E-state index contributed by atoms with van der Waals surface area (Å²) in [6.07, 6.45) is 6.01. The molecule has 5 nitrogen and oxygen atoms in total. The highest BCUT2D eigenvalue weighted by Gasteiger charge is 2.22. The van der Waals surface area contributed by atoms with E-state index in [2.05, 4.69) is 52.9 Å². The third-order valence-corrected chi connectivity index (χ3v) is 4.86. The van der Waals surface area contributed by atoms with Crippen LogP contribution >= 0.6 is 0 Å². The highest BCUT2D eigenvalue weighted by Crippen LogP contribution is 2.25. The Labute approximate surface area is 160 Å². The molecule has 140 valence electrons. The van der Waals surface area contributed by atoms with E-state index in [4.69, 9.17) is 0 Å². The zero-order chi connectivity index (χ0) is 19.2. The summed E-state index contributed by atoms with van der Waals surface area (Å²) in [5.41, 5.74) is 2.99. The number of carbonyl (C=O) groups excluding carboxylic acids is 1. The lowest BCUT2D eigenvalue weighted by Crippen LogP contribution is -2.34. The maximum absolute atomic E-state index is 12.3. The van der Waals surface area contributed by atoms with E-state index in [-0.39, 0.29) is 18.0 Å². The van der Waals surface area contributed by atoms with Crippen LogP contribution in [-0.2, 0) is 11.2 Å². The van der Waals surface area contributed by atoms with Gasteiger partial charge in [0.2, 0.25) is 5.91 Å². The maximum Gasteiger partial charge on any atom is 0.228 e. The molecular formula is C22H26N4O. The van der Waals surface area contributed by atoms with Crippen molar-refractivity contribution in [1.82, 2.24) is 14.5 Å². The minimum Gasteiger partial charge on any atom is -0.328 e. The molecule has 2 atom stereocenters. The van der Waals surface area contributed by atoms with E-state index in [9.17, 15) is 4.79 Å². The van der Waals surface area contributed by atoms with Gasteiger partial charge in [-0.2, -0.15) is 0 Å². The number of hydrogen-bond acceptors (Lipinski definition) is 3. The van der Waals surface area contributed by atoms with E-state index in [1.54, 1.807) is 6.20 Å². The van der Waals surface area contributed by atoms with Gasteiger partial charge in [-0.1, -0.05) is 42.5 Å². The fraction of sp³-hybridized carbons (Fsp3) is 0.273. The van der Waals surface area contributed by atoms with Crippen LogP contribution in [0, 0.1) is 0 Å². The van der Waals surface area contributed by atoms with Gasteiger partial charge in [0.15, 0.2) is 0 Å². The number of hydrogen-bond donors (Lipinski definition) is 1. The van der Waals surface area contributed by atoms with Crippen LogP contribution in [0.2, 0.25) is 0 Å². The molecule has 0 aliphatic carbocycles. The molecule has 2 unspecified atom stereocenters. The van der Waals surface area contributed by atoms with Crippen LogP contribution in [0.5, 0.6) is 0 Å². The lowest BCUT2D eigenvalue weighted by Gasteiger charge is -2.30. The summed E-state index contributed by atoms with van der Waals surface area (Å²) in [6.45, 7) is 2.19. The molecule has 0 saturated heterocycles. The van der Waals surface area contributed by atoms with E-state index < -0.39 is 0 Å². The van der Waals surface area contributed by atoms with Gasteiger partial charge in [-0.25, -0.2) is 4.98 Å². The number of nitrogens with one attached hydrogen (secondary N) is 1. The number of likely N-dealkylation sites (N-methyl/N-ethyl adjacent to an activating group) is 1. The summed E-state index contributed by atoms with van der Waals surface area (Å²) in [5, 5.41) is 2.97. The van der Waals surface area contributed by atoms with Crippen molar-refractivity contribution in [2.45, 2.75) is 25.4 Å². The van der Waals surface area contributed by atoms with Gasteiger partial charge in [0.25, 0.3) is 0 Å². The largest absolute Gasteiger partial charge is 0.328 e. The van der Waals surface area contributed by atoms with Gasteiger partial charge >= 0.3 is 0 Å². The van der Waals surface area contributed by atoms with Crippen molar-refractivity contribution >= 4 is 11.6 Å². The summed E-state index contributed by atoms with van der Waals surface area (Å²) in [5.74, 6) is -0.0123. The van der Waals surface area contributed by atoms with Crippen LogP contribution < -0.4 is 5.32 Å². The Morgan fingerprint density at radius 3 is 2.41 bits per heavy atom. The summed E-state index contributed by atoms with van der Waals surface area (Å²) in [6, 6.07) is 18.3. The van der Waals surface area contributed by atoms with Crippen molar-refractivity contribution in [3.63, 3.8) is 0 Å². The van der Waals surface area contributed by atoms with Crippen molar-refractivity contribution in [1.29, 1.82) is 0 Å². The molecule has 1 heterocycles. The van der Waals surface area contributed by atoms with Crippen molar-refractivity contribution in [2.75, 3.05) is 19.4 Å². The molecule has 5 heteroatoms. The average Bonchev–Trinajstić information content (AvgIpc) is 3.18. The van der Waals surface area contributed by atoms with Gasteiger partial charge in [-0.15, -0.1) is 0 Å². The molecule has 0 bridgehead atoms. The minimum absolute atomic E-state index is 0.0123. The highest BCUT2D eigenvalue weighted by molar-refractivity contribution is 5.92. The second kappa shape index (κ2) is 8.64. The van der Waals surface area contributed by atoms with Gasteiger partial charge in [0, 0.05) is 24.1 Å². The molecule has 1 aromatic heterocycles. The second-order valence-electron chi connectivity index (χ2n) is 6.99. The molecule has 27 heavy (non-hydrogen) atoms. The van der Waals surface area contributed by atoms with E-state index >= 15 is 0 Å². The normalized spacial score (nSPS) is 13.3. The van der Waals surface area contributed by atoms with E-state index in [1.165, 1.54) is 5.56 Å². The molecular weight excluding hydrogens is 336 g/mol. The molecule has 3 aromatic rings. The number of rotatable bonds is 7. The van der Waals surface area contributed by atoms with Crippen LogP contribution in [0.4, 0.5) is 5.69 Å². The Kier molecular flexibility index (Phi) is 6.04. The fourth-order valence-corrected chi connectivity index (χ4v) is 3.17. The lowest BCUT2D eigenvalue weighted by atomic mass is 9.99. The Balaban J connectivity index is 1.72. The first kappa shape index (κ1) is 18.9. The Morgan fingerprint density at radius 1 is 1.11 bits per heavy atom. The van der Waals surface area contributed by atoms with Gasteiger partial charge in [0.05, 0.1) is 18.8 Å². The third kappa shape index (κ3) is 4.83. The predicted molar refractivity (Wildman–Crippen MR) is 109 cm³/mol. The van der Waals surface area contributed by atoms with Gasteiger partial charge < -0.3 is 14.8 Å². The SMILES string of the molecule is CC(C(c1ccc(NC(=O)Cc2ccccc2)cc1)n1ccnc1)N(C)C. The first-order valence-electron chi connectivity index (χ1n) is 9.12. The van der Waals surface area contributed by atoms with Crippen molar-refractivity contribution in [2.24, 2.45) is 0 Å². The predicted octanol–water partition coefficient (Wildman–Crippen LogP) is 3.60. The van der Waals surface area contributed by atoms with Crippen molar-refractivity contribution < 1.29 is 4.79 Å². The summed E-state index contributed by atoms with van der Waals surface area (Å²) in [4.78, 5) is 18.6. The van der Waals surface area contributed by atoms with Crippen LogP contribution in [0.1, 0.15) is 24.1 Å². The number of anilines is 1. The third-order valence-electron chi connectivity index (χ3n) is 4.86. The number of benzene rings is 2. The standard InChI is InChI=1S/C22H26N4O/c1-17(25(2)3)22(26-14-13-23-16-26)19-9-11-20(12-10-19)24-21(27)15-18-7-5-4-6-8-18/h4-14,16-17,22H,15H2,1-3H3,(H,24,27). The summed E-state index contributed by atoms with van der Waals surface area (Å²) >= 11 is 0. The van der Waals surface area contributed by atoms with Crippen LogP contribution in [0.25, 0.3) is 0 Å². The maximum atomic E-state index is 12.3. The van der Waals surface area contributed by atoms with Crippen molar-refractivity contribution in [3.05, 3.63) is 84.4 Å². The molecule has 0 aliphatic heterocycles. The molecule has 0 saturated carbocycles. The second-order valence-corrected chi connectivity index (χ2v) is 6.99. The zero-order valence-electron chi connectivity index (χ0n) is 16.0. The highest BCUT2D eigenvalue weighted by atomic mass is 16.1. The monoisotopic (exact) mass is 362 g/mol. The minimum atomic E-state index is -0.0123. The number of imidazole rings is 1. The number of nitrogens with zero attached hydrogens (tertiary/aromatic N) is 3. The van der Waals surface area contributed by atoms with E-state index in [0.29, 0.717) is 6.42 Å². The fourth-order valence-electron chi connectivity index (χ4n) is 3.17. The first-order valence-corrected chi connectivity index (χ1v) is 9.12. The molecule has 1 amide bonds. The quantitative estimate of drug-likeness (QED) is 0.699. The molecule has 0 spiro atoms. The average molecular weight is 362 g/mol. The van der Waals surface area contributed by atoms with Gasteiger partial charge in [-0.05, 0) is 44.3 Å². The van der Waals surface area contributed by atoms with Crippen LogP contribution in [-0.4, -0.2) is 40.5 Å². The smallest absolute Gasteiger partial charge is 0.228 e.